The molecule has 0 radical (unpaired) electrons. The molecule has 0 atom stereocenters. The predicted molar refractivity (Wildman–Crippen MR) is 72.7 cm³/mol. The van der Waals surface area contributed by atoms with Crippen LogP contribution in [0.25, 0.3) is 0 Å². The molecule has 0 aliphatic carbocycles. The molecule has 1 aliphatic heterocycles. The van der Waals surface area contributed by atoms with Gasteiger partial charge >= 0.3 is 0 Å². The molecule has 18 heavy (non-hydrogen) atoms. The molecule has 0 unspecified atom stereocenters. The zero-order chi connectivity index (χ0) is 13.0. The molecule has 0 bridgehead atoms. The maximum absolute atomic E-state index is 9.39. The Kier molecular flexibility index (Phi) is 4.38. The topological polar surface area (TPSA) is 32.7 Å². The first kappa shape index (κ1) is 13.5. The highest BCUT2D eigenvalue weighted by Crippen LogP contribution is 2.27. The van der Waals surface area contributed by atoms with E-state index in [-0.39, 0.29) is 12.0 Å². The van der Waals surface area contributed by atoms with Crippen molar-refractivity contribution in [3.8, 4) is 0 Å². The lowest BCUT2D eigenvalue weighted by atomic mass is 9.86. The smallest absolute Gasteiger partial charge is 0.0579 e. The second kappa shape index (κ2) is 5.83. The number of nitrogens with zero attached hydrogens (tertiary/aromatic N) is 1. The van der Waals surface area contributed by atoms with Gasteiger partial charge in [0.2, 0.25) is 0 Å². The van der Waals surface area contributed by atoms with Crippen molar-refractivity contribution in [2.45, 2.75) is 13.3 Å². The summed E-state index contributed by atoms with van der Waals surface area (Å²) in [5, 5.41) is 9.39. The lowest BCUT2D eigenvalue weighted by Gasteiger charge is -2.42. The van der Waals surface area contributed by atoms with E-state index in [1.54, 1.807) is 0 Å². The van der Waals surface area contributed by atoms with Gasteiger partial charge in [-0.1, -0.05) is 29.8 Å². The van der Waals surface area contributed by atoms with Crippen molar-refractivity contribution >= 4 is 0 Å². The van der Waals surface area contributed by atoms with Crippen molar-refractivity contribution in [3.05, 3.63) is 35.4 Å². The third-order valence-corrected chi connectivity index (χ3v) is 3.66. The van der Waals surface area contributed by atoms with Crippen LogP contribution in [0.4, 0.5) is 0 Å². The van der Waals surface area contributed by atoms with Gasteiger partial charge in [-0.3, -0.25) is 0 Å². The number of ether oxygens (including phenoxy) is 1. The normalized spacial score (nSPS) is 17.8. The van der Waals surface area contributed by atoms with E-state index in [1.165, 1.54) is 11.1 Å². The van der Waals surface area contributed by atoms with E-state index in [1.807, 2.05) is 0 Å². The molecule has 1 aromatic rings. The van der Waals surface area contributed by atoms with Crippen molar-refractivity contribution in [3.63, 3.8) is 0 Å². The molecular formula is C15H23NO2. The van der Waals surface area contributed by atoms with Gasteiger partial charge < -0.3 is 14.7 Å². The molecule has 1 aromatic carbocycles. The number of rotatable bonds is 6. The molecule has 0 aromatic heterocycles. The summed E-state index contributed by atoms with van der Waals surface area (Å²) in [6, 6.07) is 8.70. The summed E-state index contributed by atoms with van der Waals surface area (Å²) in [5.41, 5.74) is 2.66. The Bertz CT molecular complexity index is 365. The van der Waals surface area contributed by atoms with E-state index in [0.29, 0.717) is 13.2 Å². The molecule has 3 heteroatoms. The summed E-state index contributed by atoms with van der Waals surface area (Å²) in [6.07, 6.45) is 1.05. The van der Waals surface area contributed by atoms with Crippen LogP contribution in [0.1, 0.15) is 11.1 Å². The summed E-state index contributed by atoms with van der Waals surface area (Å²) >= 11 is 0. The molecule has 0 spiro atoms. The fourth-order valence-corrected chi connectivity index (χ4v) is 2.35. The van der Waals surface area contributed by atoms with Crippen LogP contribution in [0.2, 0.25) is 0 Å². The first-order valence-electron chi connectivity index (χ1n) is 6.56. The van der Waals surface area contributed by atoms with Crippen molar-refractivity contribution in [2.24, 2.45) is 5.41 Å². The van der Waals surface area contributed by atoms with Crippen LogP contribution in [0, 0.1) is 12.3 Å². The van der Waals surface area contributed by atoms with E-state index in [0.717, 1.165) is 19.5 Å². The summed E-state index contributed by atoms with van der Waals surface area (Å²) in [6.45, 7) is 5.65. The van der Waals surface area contributed by atoms with Crippen molar-refractivity contribution in [2.75, 3.05) is 40.0 Å². The van der Waals surface area contributed by atoms with Crippen LogP contribution in [-0.2, 0) is 11.2 Å². The fourth-order valence-electron chi connectivity index (χ4n) is 2.35. The highest BCUT2D eigenvalue weighted by molar-refractivity contribution is 5.21. The van der Waals surface area contributed by atoms with Crippen LogP contribution < -0.4 is 0 Å². The third-order valence-electron chi connectivity index (χ3n) is 3.66. The molecule has 100 valence electrons. The minimum absolute atomic E-state index is 0.0119. The number of hydrogen-bond acceptors (Lipinski definition) is 3. The standard InChI is InChI=1S/C15H23NO2/c1-13-3-5-14(6-4-13)7-8-16(2)9-15(10-17)11-18-12-15/h3-6,17H,7-12H2,1-2H3. The number of aryl methyl sites for hydroxylation is 1. The van der Waals surface area contributed by atoms with E-state index < -0.39 is 0 Å². The average molecular weight is 249 g/mol. The summed E-state index contributed by atoms with van der Waals surface area (Å²) in [7, 11) is 2.12. The highest BCUT2D eigenvalue weighted by atomic mass is 16.5. The Morgan fingerprint density at radius 3 is 2.44 bits per heavy atom. The van der Waals surface area contributed by atoms with Crippen molar-refractivity contribution in [1.29, 1.82) is 0 Å². The zero-order valence-corrected chi connectivity index (χ0v) is 11.4. The molecular weight excluding hydrogens is 226 g/mol. The Morgan fingerprint density at radius 1 is 1.28 bits per heavy atom. The Hall–Kier alpha value is -0.900. The van der Waals surface area contributed by atoms with Gasteiger partial charge in [-0.15, -0.1) is 0 Å². The maximum Gasteiger partial charge on any atom is 0.0579 e. The summed E-state index contributed by atoms with van der Waals surface area (Å²) in [4.78, 5) is 2.29. The van der Waals surface area contributed by atoms with Gasteiger partial charge in [-0.2, -0.15) is 0 Å². The second-order valence-corrected chi connectivity index (χ2v) is 5.62. The molecule has 1 saturated heterocycles. The lowest BCUT2D eigenvalue weighted by Crippen LogP contribution is -2.52. The largest absolute Gasteiger partial charge is 0.396 e. The van der Waals surface area contributed by atoms with Gasteiger partial charge in [0.05, 0.1) is 25.2 Å². The van der Waals surface area contributed by atoms with Gasteiger partial charge in [0, 0.05) is 13.1 Å². The summed E-state index contributed by atoms with van der Waals surface area (Å²) < 4.78 is 5.22. The van der Waals surface area contributed by atoms with Crippen LogP contribution >= 0.6 is 0 Å². The molecule has 1 aliphatic rings. The minimum atomic E-state index is -0.0119. The van der Waals surface area contributed by atoms with E-state index in [9.17, 15) is 5.11 Å². The Labute approximate surface area is 109 Å². The first-order valence-corrected chi connectivity index (χ1v) is 6.56. The number of hydrogen-bond donors (Lipinski definition) is 1. The van der Waals surface area contributed by atoms with E-state index in [2.05, 4.69) is 43.1 Å². The van der Waals surface area contributed by atoms with Gasteiger partial charge in [0.25, 0.3) is 0 Å². The third kappa shape index (κ3) is 3.31. The monoisotopic (exact) mass is 249 g/mol. The van der Waals surface area contributed by atoms with Crippen molar-refractivity contribution < 1.29 is 9.84 Å². The number of likely N-dealkylation sites (N-methyl/N-ethyl adjacent to an activating group) is 1. The van der Waals surface area contributed by atoms with Gasteiger partial charge in [0.15, 0.2) is 0 Å². The molecule has 1 heterocycles. The number of aliphatic hydroxyl groups is 1. The Balaban J connectivity index is 1.77. The SMILES string of the molecule is Cc1ccc(CCN(C)CC2(CO)COC2)cc1. The highest BCUT2D eigenvalue weighted by Gasteiger charge is 2.38. The van der Waals surface area contributed by atoms with Crippen molar-refractivity contribution in [1.82, 2.24) is 4.90 Å². The molecule has 1 fully saturated rings. The second-order valence-electron chi connectivity index (χ2n) is 5.62. The Morgan fingerprint density at radius 2 is 1.94 bits per heavy atom. The molecule has 1 N–H and O–H groups in total. The van der Waals surface area contributed by atoms with Crippen LogP contribution in [0.15, 0.2) is 24.3 Å². The molecule has 3 nitrogen and oxygen atoms in total. The van der Waals surface area contributed by atoms with E-state index in [4.69, 9.17) is 4.74 Å². The lowest BCUT2D eigenvalue weighted by molar-refractivity contribution is -0.146. The first-order chi connectivity index (χ1) is 8.63. The summed E-state index contributed by atoms with van der Waals surface area (Å²) in [5.74, 6) is 0. The molecule has 2 rings (SSSR count). The van der Waals surface area contributed by atoms with Gasteiger partial charge in [0.1, 0.15) is 0 Å². The van der Waals surface area contributed by atoms with Gasteiger partial charge in [-0.25, -0.2) is 0 Å². The maximum atomic E-state index is 9.39. The minimum Gasteiger partial charge on any atom is -0.396 e. The average Bonchev–Trinajstić information content (AvgIpc) is 2.33. The van der Waals surface area contributed by atoms with E-state index >= 15 is 0 Å². The molecule has 0 amide bonds. The van der Waals surface area contributed by atoms with Crippen LogP contribution in [0.3, 0.4) is 0 Å². The zero-order valence-electron chi connectivity index (χ0n) is 11.4. The predicted octanol–water partition coefficient (Wildman–Crippen LogP) is 1.48. The molecule has 0 saturated carbocycles. The number of benzene rings is 1. The van der Waals surface area contributed by atoms with Crippen LogP contribution in [0.5, 0.6) is 0 Å². The number of aliphatic hydroxyl groups excluding tert-OH is 1. The van der Waals surface area contributed by atoms with Crippen LogP contribution in [-0.4, -0.2) is 50.0 Å². The van der Waals surface area contributed by atoms with Gasteiger partial charge in [-0.05, 0) is 26.0 Å². The fraction of sp³-hybridized carbons (Fsp3) is 0.600. The quantitative estimate of drug-likeness (QED) is 0.829.